The van der Waals surface area contributed by atoms with Crippen molar-refractivity contribution in [3.63, 3.8) is 0 Å². The predicted octanol–water partition coefficient (Wildman–Crippen LogP) is 3.30. The van der Waals surface area contributed by atoms with Crippen molar-refractivity contribution in [1.29, 1.82) is 0 Å². The summed E-state index contributed by atoms with van der Waals surface area (Å²) in [5.74, 6) is 0.859. The van der Waals surface area contributed by atoms with Crippen molar-refractivity contribution in [3.8, 4) is 0 Å². The Morgan fingerprint density at radius 2 is 2.00 bits per heavy atom. The van der Waals surface area contributed by atoms with Gasteiger partial charge >= 0.3 is 0 Å². The van der Waals surface area contributed by atoms with Gasteiger partial charge in [-0.15, -0.1) is 11.8 Å². The highest BCUT2D eigenvalue weighted by atomic mass is 32.2. The maximum atomic E-state index is 13.1. The van der Waals surface area contributed by atoms with Crippen LogP contribution in [0, 0.1) is 0 Å². The molecule has 1 aromatic carbocycles. The largest absolute Gasteiger partial charge is 0.334 e. The fraction of sp³-hybridized carbons (Fsp3) is 0.227. The van der Waals surface area contributed by atoms with Crippen LogP contribution in [0.4, 0.5) is 0 Å². The number of H-pyrrole nitrogens is 1. The summed E-state index contributed by atoms with van der Waals surface area (Å²) in [5.41, 5.74) is 3.86. The second-order valence-corrected chi connectivity index (χ2v) is 7.85. The van der Waals surface area contributed by atoms with E-state index in [2.05, 4.69) is 22.1 Å². The number of aromatic nitrogens is 2. The third-order valence-electron chi connectivity index (χ3n) is 4.88. The fourth-order valence-corrected chi connectivity index (χ4v) is 4.36. The summed E-state index contributed by atoms with van der Waals surface area (Å²) in [4.78, 5) is 33.6. The summed E-state index contributed by atoms with van der Waals surface area (Å²) < 4.78 is 0. The first-order chi connectivity index (χ1) is 13.7. The molecule has 0 atom stereocenters. The lowest BCUT2D eigenvalue weighted by Crippen LogP contribution is -2.37. The number of nitrogens with zero attached hydrogens (tertiary/aromatic N) is 2. The van der Waals surface area contributed by atoms with Crippen LogP contribution in [0.1, 0.15) is 27.0 Å². The van der Waals surface area contributed by atoms with E-state index >= 15 is 0 Å². The number of rotatable bonds is 5. The van der Waals surface area contributed by atoms with E-state index in [4.69, 9.17) is 0 Å². The number of fused-ring (bicyclic) bond motifs is 1. The summed E-state index contributed by atoms with van der Waals surface area (Å²) in [6.45, 7) is 1.12. The molecule has 142 valence electrons. The highest BCUT2D eigenvalue weighted by molar-refractivity contribution is 7.99. The molecule has 1 amide bonds. The fourth-order valence-electron chi connectivity index (χ4n) is 3.39. The van der Waals surface area contributed by atoms with E-state index in [0.29, 0.717) is 25.1 Å². The minimum Gasteiger partial charge on any atom is -0.334 e. The number of benzene rings is 1. The average Bonchev–Trinajstić information content (AvgIpc) is 2.74. The Hall–Kier alpha value is -2.86. The Kier molecular flexibility index (Phi) is 5.58. The minimum absolute atomic E-state index is 0.00726. The Labute approximate surface area is 167 Å². The first kappa shape index (κ1) is 18.5. The van der Waals surface area contributed by atoms with Gasteiger partial charge in [0.15, 0.2) is 0 Å². The summed E-state index contributed by atoms with van der Waals surface area (Å²) in [7, 11) is 0. The van der Waals surface area contributed by atoms with Gasteiger partial charge in [0.25, 0.3) is 5.91 Å². The lowest BCUT2D eigenvalue weighted by atomic mass is 10.0. The van der Waals surface area contributed by atoms with Crippen LogP contribution in [0.25, 0.3) is 0 Å². The van der Waals surface area contributed by atoms with Crippen LogP contribution in [0.5, 0.6) is 0 Å². The lowest BCUT2D eigenvalue weighted by molar-refractivity contribution is 0.0730. The number of aryl methyl sites for hydroxylation is 1. The molecular formula is C22H21N3O2S. The number of nitrogens with one attached hydrogen (secondary N) is 1. The van der Waals surface area contributed by atoms with E-state index in [0.717, 1.165) is 28.3 Å². The normalized spacial score (nSPS) is 13.2. The zero-order valence-corrected chi connectivity index (χ0v) is 16.2. The van der Waals surface area contributed by atoms with Gasteiger partial charge in [-0.1, -0.05) is 30.3 Å². The number of hydrogen-bond donors (Lipinski definition) is 1. The van der Waals surface area contributed by atoms with Gasteiger partial charge in [0.2, 0.25) is 5.56 Å². The number of hydrogen-bond acceptors (Lipinski definition) is 4. The van der Waals surface area contributed by atoms with Crippen LogP contribution in [0.15, 0.2) is 70.7 Å². The molecule has 0 fully saturated rings. The number of carbonyl (C=O) groups excluding carboxylic acids is 1. The summed E-state index contributed by atoms with van der Waals surface area (Å²) in [6.07, 6.45) is 5.08. The van der Waals surface area contributed by atoms with Crippen LogP contribution in [0.3, 0.4) is 0 Å². The Bertz CT molecular complexity index is 1030. The molecule has 1 aliphatic rings. The highest BCUT2D eigenvalue weighted by Gasteiger charge is 2.24. The summed E-state index contributed by atoms with van der Waals surface area (Å²) in [6, 6.07) is 15.6. The third kappa shape index (κ3) is 4.17. The number of carbonyl (C=O) groups is 1. The monoisotopic (exact) mass is 391 g/mol. The molecule has 1 N–H and O–H groups in total. The van der Waals surface area contributed by atoms with Crippen LogP contribution >= 0.6 is 11.8 Å². The van der Waals surface area contributed by atoms with Gasteiger partial charge in [0, 0.05) is 37.3 Å². The Balaban J connectivity index is 1.46. The van der Waals surface area contributed by atoms with Crippen LogP contribution in [-0.2, 0) is 19.4 Å². The van der Waals surface area contributed by atoms with Crippen molar-refractivity contribution in [2.75, 3.05) is 12.3 Å². The van der Waals surface area contributed by atoms with Gasteiger partial charge in [0.1, 0.15) is 5.03 Å². The van der Waals surface area contributed by atoms with Crippen molar-refractivity contribution in [2.24, 2.45) is 0 Å². The van der Waals surface area contributed by atoms with E-state index < -0.39 is 0 Å². The second-order valence-electron chi connectivity index (χ2n) is 6.76. The van der Waals surface area contributed by atoms with Gasteiger partial charge in [-0.25, -0.2) is 4.98 Å². The van der Waals surface area contributed by atoms with Crippen LogP contribution in [0.2, 0.25) is 0 Å². The zero-order valence-electron chi connectivity index (χ0n) is 15.4. The average molecular weight is 391 g/mol. The summed E-state index contributed by atoms with van der Waals surface area (Å²) in [5, 5.41) is 0.774. The summed E-state index contributed by atoms with van der Waals surface area (Å²) >= 11 is 1.62. The lowest BCUT2D eigenvalue weighted by Gasteiger charge is -2.29. The number of pyridine rings is 2. The maximum Gasteiger partial charge on any atom is 0.256 e. The molecule has 0 bridgehead atoms. The van der Waals surface area contributed by atoms with Crippen molar-refractivity contribution in [3.05, 3.63) is 93.5 Å². The number of thioether (sulfide) groups is 1. The van der Waals surface area contributed by atoms with E-state index in [9.17, 15) is 9.59 Å². The molecule has 0 unspecified atom stereocenters. The molecule has 2 aromatic heterocycles. The first-order valence-corrected chi connectivity index (χ1v) is 10.3. The topological polar surface area (TPSA) is 66.1 Å². The molecule has 0 spiro atoms. The maximum absolute atomic E-state index is 13.1. The predicted molar refractivity (Wildman–Crippen MR) is 111 cm³/mol. The molecule has 1 aliphatic heterocycles. The quantitative estimate of drug-likeness (QED) is 0.678. The molecule has 6 heteroatoms. The molecule has 3 aromatic rings. The van der Waals surface area contributed by atoms with Gasteiger partial charge in [0.05, 0.1) is 5.56 Å². The molecule has 0 saturated heterocycles. The van der Waals surface area contributed by atoms with E-state index in [1.807, 2.05) is 35.2 Å². The van der Waals surface area contributed by atoms with Crippen LogP contribution < -0.4 is 5.56 Å². The smallest absolute Gasteiger partial charge is 0.256 e. The van der Waals surface area contributed by atoms with Crippen molar-refractivity contribution in [1.82, 2.24) is 14.9 Å². The number of amides is 1. The highest BCUT2D eigenvalue weighted by Crippen LogP contribution is 2.25. The SMILES string of the molecule is O=C(c1cccnc1SCCc1ccccc1)N1CCc2cc(=O)[nH]cc2C1. The molecule has 3 heterocycles. The van der Waals surface area contributed by atoms with E-state index in [-0.39, 0.29) is 11.5 Å². The van der Waals surface area contributed by atoms with Gasteiger partial charge in [-0.05, 0) is 41.7 Å². The van der Waals surface area contributed by atoms with E-state index in [1.165, 1.54) is 5.56 Å². The minimum atomic E-state index is -0.0945. The van der Waals surface area contributed by atoms with Crippen molar-refractivity contribution in [2.45, 2.75) is 24.4 Å². The van der Waals surface area contributed by atoms with Crippen molar-refractivity contribution < 1.29 is 4.79 Å². The van der Waals surface area contributed by atoms with E-state index in [1.54, 1.807) is 30.2 Å². The molecule has 5 nitrogen and oxygen atoms in total. The zero-order chi connectivity index (χ0) is 19.3. The molecule has 0 aliphatic carbocycles. The Morgan fingerprint density at radius 1 is 1.14 bits per heavy atom. The molecule has 0 saturated carbocycles. The molecule has 28 heavy (non-hydrogen) atoms. The number of aromatic amines is 1. The molecule has 4 rings (SSSR count). The van der Waals surface area contributed by atoms with Gasteiger partial charge < -0.3 is 9.88 Å². The van der Waals surface area contributed by atoms with Gasteiger partial charge in [-0.3, -0.25) is 9.59 Å². The molecule has 0 radical (unpaired) electrons. The molecular weight excluding hydrogens is 370 g/mol. The second kappa shape index (κ2) is 8.44. The Morgan fingerprint density at radius 3 is 2.86 bits per heavy atom. The van der Waals surface area contributed by atoms with Crippen LogP contribution in [-0.4, -0.2) is 33.1 Å². The van der Waals surface area contributed by atoms with Gasteiger partial charge in [-0.2, -0.15) is 0 Å². The third-order valence-corrected chi connectivity index (χ3v) is 5.89. The first-order valence-electron chi connectivity index (χ1n) is 9.32. The van der Waals surface area contributed by atoms with Crippen molar-refractivity contribution >= 4 is 17.7 Å². The standard InChI is InChI=1S/C22H21N3O2S/c26-20-13-17-8-11-25(15-18(17)14-24-20)22(27)19-7-4-10-23-21(19)28-12-9-16-5-2-1-3-6-16/h1-7,10,13-14H,8-9,11-12,15H2,(H,24,26).